The minimum absolute atomic E-state index is 0.1000. The Morgan fingerprint density at radius 2 is 2.15 bits per heavy atom. The summed E-state index contributed by atoms with van der Waals surface area (Å²) < 4.78 is 0. The first-order valence-corrected chi connectivity index (χ1v) is 7.95. The van der Waals surface area contributed by atoms with Crippen LogP contribution in [0.4, 0.5) is 0 Å². The molecule has 2 aromatic rings. The highest BCUT2D eigenvalue weighted by molar-refractivity contribution is 5.94. The lowest BCUT2D eigenvalue weighted by molar-refractivity contribution is -0.122. The second-order valence-electron chi connectivity index (χ2n) is 5.94. The van der Waals surface area contributed by atoms with E-state index in [9.17, 15) is 14.7 Å². The molecule has 9 nitrogen and oxygen atoms in total. The first-order chi connectivity index (χ1) is 12.5. The second-order valence-corrected chi connectivity index (χ2v) is 5.94. The Bertz CT molecular complexity index is 808. The van der Waals surface area contributed by atoms with E-state index >= 15 is 0 Å². The molecule has 9 heteroatoms. The highest BCUT2D eigenvalue weighted by Gasteiger charge is 2.35. The number of aliphatic hydroxyl groups is 1. The molecule has 0 radical (unpaired) electrons. The van der Waals surface area contributed by atoms with Crippen molar-refractivity contribution in [2.24, 2.45) is 5.92 Å². The molecular weight excluding hydrogens is 340 g/mol. The lowest BCUT2D eigenvalue weighted by Crippen LogP contribution is -2.33. The van der Waals surface area contributed by atoms with Crippen molar-refractivity contribution in [2.45, 2.75) is 19.4 Å². The maximum absolute atomic E-state index is 12.5. The quantitative estimate of drug-likeness (QED) is 0.647. The van der Waals surface area contributed by atoms with Gasteiger partial charge < -0.3 is 20.1 Å². The van der Waals surface area contributed by atoms with Crippen molar-refractivity contribution in [2.75, 3.05) is 13.1 Å². The van der Waals surface area contributed by atoms with Gasteiger partial charge in [0.15, 0.2) is 5.43 Å². The van der Waals surface area contributed by atoms with Gasteiger partial charge in [-0.1, -0.05) is 0 Å². The van der Waals surface area contributed by atoms with Gasteiger partial charge in [0, 0.05) is 55.6 Å². The minimum Gasteiger partial charge on any atom is -0.483 e. The van der Waals surface area contributed by atoms with Gasteiger partial charge in [-0.3, -0.25) is 24.4 Å². The molecular formula is C17H20N4O5. The summed E-state index contributed by atoms with van der Waals surface area (Å²) in [7, 11) is 0. The van der Waals surface area contributed by atoms with E-state index in [0.717, 1.165) is 5.69 Å². The summed E-state index contributed by atoms with van der Waals surface area (Å²) in [6, 6.07) is 1.40. The van der Waals surface area contributed by atoms with E-state index in [2.05, 4.69) is 15.0 Å². The van der Waals surface area contributed by atoms with Crippen LogP contribution in [0.25, 0.3) is 0 Å². The van der Waals surface area contributed by atoms with Crippen LogP contribution in [0.3, 0.4) is 0 Å². The third-order valence-corrected chi connectivity index (χ3v) is 4.07. The number of pyridine rings is 1. The predicted molar refractivity (Wildman–Crippen MR) is 91.6 cm³/mol. The zero-order valence-corrected chi connectivity index (χ0v) is 14.2. The van der Waals surface area contributed by atoms with Crippen molar-refractivity contribution < 1.29 is 19.8 Å². The number of carbonyl (C=O) groups excluding carboxylic acids is 1. The van der Waals surface area contributed by atoms with Crippen LogP contribution in [0.1, 0.15) is 21.7 Å². The molecule has 0 saturated carbocycles. The zero-order valence-electron chi connectivity index (χ0n) is 14.2. The molecule has 1 amide bonds. The number of aliphatic hydroxyl groups excluding tert-OH is 1. The van der Waals surface area contributed by atoms with Gasteiger partial charge in [-0.25, -0.2) is 0 Å². The first-order valence-electron chi connectivity index (χ1n) is 7.95. The normalized spacial score (nSPS) is 18.8. The van der Waals surface area contributed by atoms with Gasteiger partial charge in [0.2, 0.25) is 0 Å². The van der Waals surface area contributed by atoms with E-state index in [1.165, 1.54) is 17.2 Å². The van der Waals surface area contributed by atoms with Crippen LogP contribution < -0.4 is 5.43 Å². The lowest BCUT2D eigenvalue weighted by Gasteiger charge is -2.15. The van der Waals surface area contributed by atoms with Crippen LogP contribution in [0.15, 0.2) is 35.6 Å². The Morgan fingerprint density at radius 3 is 2.77 bits per heavy atom. The number of carboxylic acid groups (broad SMARTS) is 1. The fourth-order valence-corrected chi connectivity index (χ4v) is 2.84. The first kappa shape index (κ1) is 19.3. The Labute approximate surface area is 149 Å². The molecule has 2 aromatic heterocycles. The number of aromatic nitrogens is 3. The summed E-state index contributed by atoms with van der Waals surface area (Å²) in [5, 5.41) is 17.1. The van der Waals surface area contributed by atoms with E-state index in [1.807, 2.05) is 0 Å². The summed E-state index contributed by atoms with van der Waals surface area (Å²) in [6.07, 6.45) is 6.19. The van der Waals surface area contributed by atoms with Gasteiger partial charge in [0.05, 0.1) is 11.8 Å². The van der Waals surface area contributed by atoms with Crippen molar-refractivity contribution in [3.63, 3.8) is 0 Å². The van der Waals surface area contributed by atoms with Crippen molar-refractivity contribution in [3.05, 3.63) is 58.0 Å². The summed E-state index contributed by atoms with van der Waals surface area (Å²) >= 11 is 0. The fourth-order valence-electron chi connectivity index (χ4n) is 2.84. The smallest absolute Gasteiger partial charge is 0.290 e. The molecule has 2 atom stereocenters. The number of nitrogens with one attached hydrogen (secondary N) is 1. The van der Waals surface area contributed by atoms with Gasteiger partial charge in [0.25, 0.3) is 12.4 Å². The molecule has 138 valence electrons. The molecule has 0 bridgehead atoms. The Balaban J connectivity index is 0.000000758. The van der Waals surface area contributed by atoms with Crippen LogP contribution in [0, 0.1) is 12.8 Å². The maximum Gasteiger partial charge on any atom is 0.290 e. The highest BCUT2D eigenvalue weighted by Crippen LogP contribution is 2.21. The van der Waals surface area contributed by atoms with Crippen LogP contribution >= 0.6 is 0 Å². The molecule has 3 rings (SSSR count). The molecule has 0 aromatic carbocycles. The van der Waals surface area contributed by atoms with Crippen LogP contribution in [0.5, 0.6) is 0 Å². The number of hydrogen-bond donors (Lipinski definition) is 3. The van der Waals surface area contributed by atoms with Crippen molar-refractivity contribution in [1.29, 1.82) is 0 Å². The van der Waals surface area contributed by atoms with Crippen molar-refractivity contribution >= 4 is 12.4 Å². The highest BCUT2D eigenvalue weighted by atomic mass is 16.3. The number of β-amino-alcohol motifs (C(OH)–C–C–N with tert-alkyl or cyclic N) is 1. The van der Waals surface area contributed by atoms with E-state index in [1.54, 1.807) is 25.5 Å². The minimum atomic E-state index is -0.634. The molecule has 1 fully saturated rings. The Kier molecular flexibility index (Phi) is 6.56. The number of likely N-dealkylation sites (tertiary alicyclic amines) is 1. The van der Waals surface area contributed by atoms with Gasteiger partial charge in [-0.15, -0.1) is 0 Å². The van der Waals surface area contributed by atoms with E-state index in [0.29, 0.717) is 18.7 Å². The number of aryl methyl sites for hydroxylation is 1. The van der Waals surface area contributed by atoms with Crippen molar-refractivity contribution in [1.82, 2.24) is 19.9 Å². The number of hydrogen-bond acceptors (Lipinski definition) is 6. The summed E-state index contributed by atoms with van der Waals surface area (Å²) in [6.45, 7) is 2.12. The number of nitrogens with zero attached hydrogens (tertiary/aromatic N) is 3. The maximum atomic E-state index is 12.5. The third kappa shape index (κ3) is 4.73. The zero-order chi connectivity index (χ0) is 19.1. The topological polar surface area (TPSA) is 136 Å². The molecule has 0 spiro atoms. The molecule has 26 heavy (non-hydrogen) atoms. The lowest BCUT2D eigenvalue weighted by atomic mass is 10.0. The average Bonchev–Trinajstić information content (AvgIpc) is 2.97. The Morgan fingerprint density at radius 1 is 1.42 bits per heavy atom. The standard InChI is InChI=1S/C16H18N4O3.CH2O2/c1-10-4-14(21)13(7-19-10)16(23)20-8-11(15(22)9-20)5-12-6-17-2-3-18-12;2-1-3/h2-4,6-7,11,15,22H,5,8-9H2,1H3,(H,19,21);1H,(H,2,3)/t11-,15-;/m1./s1. The second kappa shape index (κ2) is 8.86. The number of rotatable bonds is 3. The van der Waals surface area contributed by atoms with Gasteiger partial charge >= 0.3 is 0 Å². The summed E-state index contributed by atoms with van der Waals surface area (Å²) in [5.41, 5.74) is 1.27. The van der Waals surface area contributed by atoms with Gasteiger partial charge in [0.1, 0.15) is 5.56 Å². The SMILES string of the molecule is Cc1cc(=O)c(C(=O)N2C[C@@H](Cc3cnccn3)[C@H](O)C2)c[nH]1.O=CO. The molecule has 1 saturated heterocycles. The van der Waals surface area contributed by atoms with Crippen LogP contribution in [-0.2, 0) is 11.2 Å². The molecule has 3 N–H and O–H groups in total. The number of H-pyrrole nitrogens is 1. The molecule has 3 heterocycles. The third-order valence-electron chi connectivity index (χ3n) is 4.07. The van der Waals surface area contributed by atoms with Crippen LogP contribution in [-0.4, -0.2) is 61.6 Å². The van der Waals surface area contributed by atoms with E-state index < -0.39 is 6.10 Å². The number of carbonyl (C=O) groups is 2. The molecule has 1 aliphatic rings. The summed E-state index contributed by atoms with van der Waals surface area (Å²) in [4.78, 5) is 45.4. The molecule has 1 aliphatic heterocycles. The average molecular weight is 360 g/mol. The monoisotopic (exact) mass is 360 g/mol. The van der Waals surface area contributed by atoms with Crippen LogP contribution in [0.2, 0.25) is 0 Å². The van der Waals surface area contributed by atoms with E-state index in [4.69, 9.17) is 9.90 Å². The van der Waals surface area contributed by atoms with Gasteiger partial charge in [-0.2, -0.15) is 0 Å². The predicted octanol–water partition coefficient (Wildman–Crippen LogP) is -0.150. The number of amides is 1. The summed E-state index contributed by atoms with van der Waals surface area (Å²) in [5.74, 6) is -0.466. The Hall–Kier alpha value is -3.07. The molecule has 0 unspecified atom stereocenters. The van der Waals surface area contributed by atoms with Crippen molar-refractivity contribution in [3.8, 4) is 0 Å². The van der Waals surface area contributed by atoms with Gasteiger partial charge in [-0.05, 0) is 13.3 Å². The molecule has 0 aliphatic carbocycles. The fraction of sp³-hybridized carbons (Fsp3) is 0.353. The largest absolute Gasteiger partial charge is 0.483 e. The number of aromatic amines is 1. The van der Waals surface area contributed by atoms with E-state index in [-0.39, 0.29) is 35.8 Å².